The van der Waals surface area contributed by atoms with E-state index in [9.17, 15) is 13.2 Å². The number of ether oxygens (including phenoxy) is 1. The van der Waals surface area contributed by atoms with Crippen molar-refractivity contribution in [1.82, 2.24) is 4.31 Å². The monoisotopic (exact) mass is 361 g/mol. The van der Waals surface area contributed by atoms with Crippen molar-refractivity contribution in [1.29, 1.82) is 0 Å². The lowest BCUT2D eigenvalue weighted by Gasteiger charge is -2.32. The van der Waals surface area contributed by atoms with Gasteiger partial charge < -0.3 is 9.84 Å². The molecule has 6 nitrogen and oxygen atoms in total. The summed E-state index contributed by atoms with van der Waals surface area (Å²) in [6.07, 6.45) is 2.24. The molecule has 0 spiro atoms. The molecule has 1 N–H and O–H groups in total. The molecule has 1 aromatic carbocycles. The zero-order valence-corrected chi connectivity index (χ0v) is 14.4. The van der Waals surface area contributed by atoms with Gasteiger partial charge in [0, 0.05) is 19.7 Å². The molecule has 1 aliphatic rings. The Morgan fingerprint density at radius 1 is 1.48 bits per heavy atom. The van der Waals surface area contributed by atoms with Crippen LogP contribution in [0.25, 0.3) is 0 Å². The highest BCUT2D eigenvalue weighted by molar-refractivity contribution is 7.89. The molecule has 0 bridgehead atoms. The maximum Gasteiger partial charge on any atom is 0.335 e. The first-order valence-electron chi connectivity index (χ1n) is 7.51. The molecule has 0 amide bonds. The molecule has 1 atom stereocenters. The molecular weight excluding hydrogens is 342 g/mol. The van der Waals surface area contributed by atoms with E-state index in [1.807, 2.05) is 6.92 Å². The van der Waals surface area contributed by atoms with Crippen molar-refractivity contribution in [2.45, 2.75) is 37.2 Å². The summed E-state index contributed by atoms with van der Waals surface area (Å²) in [7, 11) is -3.85. The number of carbonyl (C=O) groups is 1. The van der Waals surface area contributed by atoms with Gasteiger partial charge >= 0.3 is 5.97 Å². The number of hydrogen-bond donors (Lipinski definition) is 1. The Morgan fingerprint density at radius 3 is 2.87 bits per heavy atom. The fraction of sp³-hybridized carbons (Fsp3) is 0.533. The first-order valence-corrected chi connectivity index (χ1v) is 9.32. The Balaban J connectivity index is 2.27. The van der Waals surface area contributed by atoms with Crippen LogP contribution in [0.3, 0.4) is 0 Å². The third-order valence-electron chi connectivity index (χ3n) is 3.69. The van der Waals surface area contributed by atoms with E-state index in [0.717, 1.165) is 18.9 Å². The molecule has 1 fully saturated rings. The lowest BCUT2D eigenvalue weighted by molar-refractivity contribution is 0.0193. The molecule has 23 heavy (non-hydrogen) atoms. The summed E-state index contributed by atoms with van der Waals surface area (Å²) in [5.41, 5.74) is -0.108. The van der Waals surface area contributed by atoms with Crippen molar-refractivity contribution < 1.29 is 23.1 Å². The van der Waals surface area contributed by atoms with E-state index in [4.69, 9.17) is 21.4 Å². The summed E-state index contributed by atoms with van der Waals surface area (Å²) in [4.78, 5) is 10.9. The number of halogens is 1. The minimum absolute atomic E-state index is 0.0200. The summed E-state index contributed by atoms with van der Waals surface area (Å²) < 4.78 is 32.6. The number of rotatable bonds is 6. The summed E-state index contributed by atoms with van der Waals surface area (Å²) in [6, 6.07) is 3.69. The van der Waals surface area contributed by atoms with Crippen LogP contribution in [-0.4, -0.2) is 49.6 Å². The van der Waals surface area contributed by atoms with E-state index in [-0.39, 0.29) is 28.1 Å². The van der Waals surface area contributed by atoms with E-state index in [0.29, 0.717) is 19.6 Å². The Labute approximate surface area is 141 Å². The summed E-state index contributed by atoms with van der Waals surface area (Å²) in [5.74, 6) is -1.19. The van der Waals surface area contributed by atoms with Crippen molar-refractivity contribution in [3.8, 4) is 0 Å². The smallest absolute Gasteiger partial charge is 0.335 e. The minimum atomic E-state index is -3.85. The topological polar surface area (TPSA) is 83.9 Å². The van der Waals surface area contributed by atoms with Gasteiger partial charge in [-0.15, -0.1) is 0 Å². The Morgan fingerprint density at radius 2 is 2.22 bits per heavy atom. The molecule has 1 heterocycles. The van der Waals surface area contributed by atoms with Gasteiger partial charge in [0.15, 0.2) is 0 Å². The number of benzene rings is 1. The highest BCUT2D eigenvalue weighted by atomic mass is 35.5. The Kier molecular flexibility index (Phi) is 6.02. The number of aromatic carboxylic acids is 1. The molecule has 0 saturated carbocycles. The molecule has 0 aromatic heterocycles. The molecule has 128 valence electrons. The molecule has 1 aliphatic heterocycles. The van der Waals surface area contributed by atoms with Gasteiger partial charge in [-0.3, -0.25) is 0 Å². The number of nitrogens with zero attached hydrogens (tertiary/aromatic N) is 1. The first kappa shape index (κ1) is 18.2. The summed E-state index contributed by atoms with van der Waals surface area (Å²) in [6.45, 7) is 3.22. The van der Waals surface area contributed by atoms with Gasteiger partial charge in [0.1, 0.15) is 4.90 Å². The van der Waals surface area contributed by atoms with Gasteiger partial charge in [0.25, 0.3) is 0 Å². The second kappa shape index (κ2) is 7.61. The third-order valence-corrected chi connectivity index (χ3v) is 6.04. The average Bonchev–Trinajstić information content (AvgIpc) is 2.53. The summed E-state index contributed by atoms with van der Waals surface area (Å²) >= 11 is 5.99. The van der Waals surface area contributed by atoms with Gasteiger partial charge in [-0.05, 0) is 37.5 Å². The van der Waals surface area contributed by atoms with Crippen molar-refractivity contribution in [2.75, 3.05) is 19.7 Å². The van der Waals surface area contributed by atoms with Crippen LogP contribution in [0.15, 0.2) is 23.1 Å². The van der Waals surface area contributed by atoms with Crippen LogP contribution in [0.4, 0.5) is 0 Å². The number of hydrogen-bond acceptors (Lipinski definition) is 4. The van der Waals surface area contributed by atoms with E-state index < -0.39 is 16.0 Å². The number of piperidine rings is 1. The van der Waals surface area contributed by atoms with Crippen molar-refractivity contribution in [3.63, 3.8) is 0 Å². The van der Waals surface area contributed by atoms with Gasteiger partial charge in [-0.2, -0.15) is 4.31 Å². The fourth-order valence-corrected chi connectivity index (χ4v) is 4.53. The van der Waals surface area contributed by atoms with Gasteiger partial charge in [-0.1, -0.05) is 18.5 Å². The minimum Gasteiger partial charge on any atom is -0.478 e. The number of carboxylic acids is 1. The molecule has 0 radical (unpaired) electrons. The van der Waals surface area contributed by atoms with Crippen molar-refractivity contribution in [2.24, 2.45) is 0 Å². The Hall–Kier alpha value is -1.15. The number of sulfonamides is 1. The zero-order valence-electron chi connectivity index (χ0n) is 12.9. The summed E-state index contributed by atoms with van der Waals surface area (Å²) in [5, 5.41) is 9.06. The molecule has 8 heteroatoms. The third kappa shape index (κ3) is 4.23. The highest BCUT2D eigenvalue weighted by Gasteiger charge is 2.32. The van der Waals surface area contributed by atoms with E-state index in [1.165, 1.54) is 16.4 Å². The van der Waals surface area contributed by atoms with E-state index in [2.05, 4.69) is 0 Å². The van der Waals surface area contributed by atoms with Crippen LogP contribution in [0, 0.1) is 0 Å². The van der Waals surface area contributed by atoms with E-state index >= 15 is 0 Å². The predicted octanol–water partition coefficient (Wildman–Crippen LogP) is 2.62. The largest absolute Gasteiger partial charge is 0.478 e. The van der Waals surface area contributed by atoms with Gasteiger partial charge in [0.2, 0.25) is 10.0 Å². The quantitative estimate of drug-likeness (QED) is 0.842. The zero-order chi connectivity index (χ0) is 17.0. The van der Waals surface area contributed by atoms with Gasteiger partial charge in [0.05, 0.1) is 16.7 Å². The molecule has 1 saturated heterocycles. The SMILES string of the molecule is CCCOC1CCCN(S(=O)(=O)c2cc(C(=O)O)ccc2Cl)C1. The predicted molar refractivity (Wildman–Crippen MR) is 86.4 cm³/mol. The van der Waals surface area contributed by atoms with Gasteiger partial charge in [-0.25, -0.2) is 13.2 Å². The van der Waals surface area contributed by atoms with Crippen LogP contribution < -0.4 is 0 Å². The van der Waals surface area contributed by atoms with Crippen molar-refractivity contribution in [3.05, 3.63) is 28.8 Å². The maximum absolute atomic E-state index is 12.8. The molecule has 2 rings (SSSR count). The lowest BCUT2D eigenvalue weighted by atomic mass is 10.1. The van der Waals surface area contributed by atoms with Crippen LogP contribution in [0.1, 0.15) is 36.5 Å². The second-order valence-electron chi connectivity index (χ2n) is 5.45. The average molecular weight is 362 g/mol. The normalized spacial score (nSPS) is 19.7. The molecule has 1 unspecified atom stereocenters. The first-order chi connectivity index (χ1) is 10.9. The highest BCUT2D eigenvalue weighted by Crippen LogP contribution is 2.28. The van der Waals surface area contributed by atoms with Crippen molar-refractivity contribution >= 4 is 27.6 Å². The van der Waals surface area contributed by atoms with Crippen LogP contribution in [0.5, 0.6) is 0 Å². The lowest BCUT2D eigenvalue weighted by Crippen LogP contribution is -2.43. The van der Waals surface area contributed by atoms with Crippen LogP contribution in [-0.2, 0) is 14.8 Å². The molecule has 1 aromatic rings. The number of carboxylic acid groups (broad SMARTS) is 1. The Bertz CT molecular complexity index is 676. The maximum atomic E-state index is 12.8. The van der Waals surface area contributed by atoms with E-state index in [1.54, 1.807) is 0 Å². The molecule has 0 aliphatic carbocycles. The second-order valence-corrected chi connectivity index (χ2v) is 7.76. The standard InChI is InChI=1S/C15H20ClNO5S/c1-2-8-22-12-4-3-7-17(10-12)23(20,21)14-9-11(15(18)19)5-6-13(14)16/h5-6,9,12H,2-4,7-8,10H2,1H3,(H,18,19). The van der Waals surface area contributed by atoms with Crippen LogP contribution >= 0.6 is 11.6 Å². The molecular formula is C15H20ClNO5S. The van der Waals surface area contributed by atoms with Crippen LogP contribution in [0.2, 0.25) is 5.02 Å². The fourth-order valence-electron chi connectivity index (χ4n) is 2.52.